The first kappa shape index (κ1) is 16.6. The normalized spacial score (nSPS) is 26.6. The minimum atomic E-state index is -0.350. The van der Waals surface area contributed by atoms with Gasteiger partial charge in [-0.15, -0.1) is 0 Å². The van der Waals surface area contributed by atoms with Crippen LogP contribution in [0.15, 0.2) is 0 Å². The Morgan fingerprint density at radius 1 is 1.32 bits per heavy atom. The molecule has 0 amide bonds. The van der Waals surface area contributed by atoms with Crippen LogP contribution in [0, 0.1) is 17.8 Å². The van der Waals surface area contributed by atoms with E-state index in [1.54, 1.807) is 0 Å². The number of ether oxygens (including phenoxy) is 1. The van der Waals surface area contributed by atoms with Gasteiger partial charge in [0.2, 0.25) is 0 Å². The molecule has 112 valence electrons. The predicted octanol–water partition coefficient (Wildman–Crippen LogP) is 3.16. The topological polar surface area (TPSA) is 52.3 Å². The molecule has 3 heteroatoms. The maximum atomic E-state index is 12.6. The van der Waals surface area contributed by atoms with Gasteiger partial charge in [-0.3, -0.25) is 4.79 Å². The van der Waals surface area contributed by atoms with E-state index in [0.29, 0.717) is 30.6 Å². The van der Waals surface area contributed by atoms with Crippen molar-refractivity contribution in [3.8, 4) is 0 Å². The molecule has 1 fully saturated rings. The molecule has 0 aliphatic carbocycles. The predicted molar refractivity (Wildman–Crippen MR) is 79.0 cm³/mol. The lowest BCUT2D eigenvalue weighted by molar-refractivity contribution is -0.130. The highest BCUT2D eigenvalue weighted by Crippen LogP contribution is 2.43. The van der Waals surface area contributed by atoms with Crippen LogP contribution in [-0.4, -0.2) is 23.5 Å². The Hall–Kier alpha value is -0.410. The van der Waals surface area contributed by atoms with E-state index in [1.165, 1.54) is 0 Å². The van der Waals surface area contributed by atoms with Crippen molar-refractivity contribution in [3.05, 3.63) is 0 Å². The Morgan fingerprint density at radius 3 is 2.26 bits per heavy atom. The van der Waals surface area contributed by atoms with E-state index in [-0.39, 0.29) is 17.1 Å². The number of carbonyl (C=O) groups is 1. The minimum absolute atomic E-state index is 0.00344. The van der Waals surface area contributed by atoms with Crippen molar-refractivity contribution in [1.29, 1.82) is 0 Å². The molecule has 0 aromatic rings. The minimum Gasteiger partial charge on any atom is -0.369 e. The number of hydrogen-bond acceptors (Lipinski definition) is 3. The van der Waals surface area contributed by atoms with Crippen LogP contribution in [0.3, 0.4) is 0 Å². The Kier molecular flexibility index (Phi) is 5.19. The highest BCUT2D eigenvalue weighted by Gasteiger charge is 2.48. The zero-order valence-corrected chi connectivity index (χ0v) is 13.5. The first-order chi connectivity index (χ1) is 8.57. The fourth-order valence-corrected chi connectivity index (χ4v) is 3.42. The summed E-state index contributed by atoms with van der Waals surface area (Å²) in [6, 6.07) is 0. The summed E-state index contributed by atoms with van der Waals surface area (Å²) in [5.41, 5.74) is 5.26. The van der Waals surface area contributed by atoms with E-state index in [1.807, 2.05) is 13.8 Å². The molecule has 1 heterocycles. The second-order valence-electron chi connectivity index (χ2n) is 7.62. The maximum absolute atomic E-state index is 12.6. The first-order valence-corrected chi connectivity index (χ1v) is 7.50. The summed E-state index contributed by atoms with van der Waals surface area (Å²) in [5, 5.41) is 0. The second-order valence-corrected chi connectivity index (χ2v) is 7.62. The Labute approximate surface area is 118 Å². The SMILES string of the molecule is CC(C)CC(CN)CC(=O)C1CC(C)(C)OC1(C)C. The van der Waals surface area contributed by atoms with Crippen LogP contribution in [-0.2, 0) is 9.53 Å². The van der Waals surface area contributed by atoms with Crippen molar-refractivity contribution in [1.82, 2.24) is 0 Å². The summed E-state index contributed by atoms with van der Waals surface area (Å²) >= 11 is 0. The molecule has 1 aliphatic heterocycles. The van der Waals surface area contributed by atoms with Crippen molar-refractivity contribution < 1.29 is 9.53 Å². The van der Waals surface area contributed by atoms with Gasteiger partial charge in [-0.2, -0.15) is 0 Å². The van der Waals surface area contributed by atoms with Crippen molar-refractivity contribution in [3.63, 3.8) is 0 Å². The highest BCUT2D eigenvalue weighted by molar-refractivity contribution is 5.82. The largest absolute Gasteiger partial charge is 0.369 e. The molecule has 2 N–H and O–H groups in total. The van der Waals surface area contributed by atoms with Crippen LogP contribution in [0.4, 0.5) is 0 Å². The quantitative estimate of drug-likeness (QED) is 0.806. The van der Waals surface area contributed by atoms with Crippen LogP contribution in [0.1, 0.15) is 60.8 Å². The third-order valence-corrected chi connectivity index (χ3v) is 4.09. The molecule has 0 aromatic carbocycles. The van der Waals surface area contributed by atoms with Crippen LogP contribution in [0.25, 0.3) is 0 Å². The van der Waals surface area contributed by atoms with E-state index >= 15 is 0 Å². The summed E-state index contributed by atoms with van der Waals surface area (Å²) in [6.07, 6.45) is 2.44. The van der Waals surface area contributed by atoms with Gasteiger partial charge in [0.1, 0.15) is 5.78 Å². The molecule has 0 radical (unpaired) electrons. The molecule has 1 aliphatic rings. The monoisotopic (exact) mass is 269 g/mol. The first-order valence-electron chi connectivity index (χ1n) is 7.50. The number of rotatable bonds is 6. The molecule has 0 aromatic heterocycles. The van der Waals surface area contributed by atoms with Gasteiger partial charge in [-0.25, -0.2) is 0 Å². The van der Waals surface area contributed by atoms with E-state index in [2.05, 4.69) is 27.7 Å². The van der Waals surface area contributed by atoms with Gasteiger partial charge in [0.25, 0.3) is 0 Å². The third-order valence-electron chi connectivity index (χ3n) is 4.09. The molecule has 1 rings (SSSR count). The van der Waals surface area contributed by atoms with Crippen molar-refractivity contribution in [2.24, 2.45) is 23.5 Å². The average Bonchev–Trinajstić information content (AvgIpc) is 2.44. The van der Waals surface area contributed by atoms with Gasteiger partial charge >= 0.3 is 0 Å². The van der Waals surface area contributed by atoms with Crippen molar-refractivity contribution in [2.45, 2.75) is 72.0 Å². The number of ketones is 1. The van der Waals surface area contributed by atoms with E-state index in [9.17, 15) is 4.79 Å². The van der Waals surface area contributed by atoms with Gasteiger partial charge in [0, 0.05) is 12.3 Å². The zero-order valence-electron chi connectivity index (χ0n) is 13.5. The van der Waals surface area contributed by atoms with Crippen LogP contribution in [0.5, 0.6) is 0 Å². The van der Waals surface area contributed by atoms with E-state index < -0.39 is 0 Å². The van der Waals surface area contributed by atoms with Crippen LogP contribution in [0.2, 0.25) is 0 Å². The molecule has 0 saturated carbocycles. The van der Waals surface area contributed by atoms with Gasteiger partial charge in [0.05, 0.1) is 11.2 Å². The van der Waals surface area contributed by atoms with Gasteiger partial charge in [-0.05, 0) is 58.9 Å². The maximum Gasteiger partial charge on any atom is 0.139 e. The lowest BCUT2D eigenvalue weighted by atomic mass is 9.80. The summed E-state index contributed by atoms with van der Waals surface area (Å²) < 4.78 is 6.01. The Bertz CT molecular complexity index is 321. The zero-order chi connectivity index (χ0) is 14.8. The summed E-state index contributed by atoms with van der Waals surface area (Å²) in [4.78, 5) is 12.6. The molecular weight excluding hydrogens is 238 g/mol. The smallest absolute Gasteiger partial charge is 0.139 e. The lowest BCUT2D eigenvalue weighted by Crippen LogP contribution is -2.35. The van der Waals surface area contributed by atoms with E-state index in [4.69, 9.17) is 10.5 Å². The number of carbonyl (C=O) groups excluding carboxylic acids is 1. The molecule has 19 heavy (non-hydrogen) atoms. The standard InChI is InChI=1S/C16H31NO2/c1-11(2)7-12(10-17)8-14(18)13-9-15(3,4)19-16(13,5)6/h11-13H,7-10,17H2,1-6H3. The number of Topliss-reactive ketones (excluding diaryl/α,β-unsaturated/α-hetero) is 1. The van der Waals surface area contributed by atoms with Crippen molar-refractivity contribution in [2.75, 3.05) is 6.54 Å². The van der Waals surface area contributed by atoms with Crippen molar-refractivity contribution >= 4 is 5.78 Å². The summed E-state index contributed by atoms with van der Waals surface area (Å²) in [5.74, 6) is 1.23. The average molecular weight is 269 g/mol. The highest BCUT2D eigenvalue weighted by atomic mass is 16.5. The molecule has 0 spiro atoms. The number of hydrogen-bond donors (Lipinski definition) is 1. The number of nitrogens with two attached hydrogens (primary N) is 1. The molecule has 2 unspecified atom stereocenters. The molecule has 3 nitrogen and oxygen atoms in total. The Balaban J connectivity index is 2.67. The Morgan fingerprint density at radius 2 is 1.89 bits per heavy atom. The van der Waals surface area contributed by atoms with Gasteiger partial charge in [-0.1, -0.05) is 13.8 Å². The van der Waals surface area contributed by atoms with Crippen LogP contribution < -0.4 is 5.73 Å². The fraction of sp³-hybridized carbons (Fsp3) is 0.938. The molecule has 0 bridgehead atoms. The summed E-state index contributed by atoms with van der Waals surface area (Å²) in [6.45, 7) is 13.2. The molecule has 1 saturated heterocycles. The third kappa shape index (κ3) is 4.57. The second kappa shape index (κ2) is 5.92. The molecular formula is C16H31NO2. The van der Waals surface area contributed by atoms with E-state index in [0.717, 1.165) is 12.8 Å². The molecule has 2 atom stereocenters. The van der Waals surface area contributed by atoms with Crippen LogP contribution >= 0.6 is 0 Å². The van der Waals surface area contributed by atoms with Gasteiger partial charge < -0.3 is 10.5 Å². The summed E-state index contributed by atoms with van der Waals surface area (Å²) in [7, 11) is 0. The van der Waals surface area contributed by atoms with Gasteiger partial charge in [0.15, 0.2) is 0 Å². The fourth-order valence-electron chi connectivity index (χ4n) is 3.42. The lowest BCUT2D eigenvalue weighted by Gasteiger charge is -2.27.